The summed E-state index contributed by atoms with van der Waals surface area (Å²) in [6, 6.07) is 7.43. The Balaban J connectivity index is 1.53. The minimum absolute atomic E-state index is 0.586. The van der Waals surface area contributed by atoms with E-state index in [0.717, 1.165) is 30.1 Å². The standard InChI is InChI=1S/C16H20N4O/c17-12-5-7-13(8-6-12)21-10-9-18-16-14-3-1-2-4-15(14)19-11-20-16/h5-8,11H,1-4,9-10,17H2,(H,18,19,20). The fraction of sp³-hybridized carbons (Fsp3) is 0.375. The average Bonchev–Trinajstić information content (AvgIpc) is 2.53. The summed E-state index contributed by atoms with van der Waals surface area (Å²) in [5.74, 6) is 1.79. The lowest BCUT2D eigenvalue weighted by atomic mass is 9.96. The van der Waals surface area contributed by atoms with Crippen LogP contribution in [0.25, 0.3) is 0 Å². The summed E-state index contributed by atoms with van der Waals surface area (Å²) in [5, 5.41) is 3.35. The second kappa shape index (κ2) is 6.43. The van der Waals surface area contributed by atoms with Crippen LogP contribution in [0.5, 0.6) is 5.75 Å². The molecule has 0 atom stereocenters. The van der Waals surface area contributed by atoms with Crippen molar-refractivity contribution in [3.63, 3.8) is 0 Å². The number of anilines is 2. The van der Waals surface area contributed by atoms with Crippen LogP contribution >= 0.6 is 0 Å². The molecule has 0 bridgehead atoms. The van der Waals surface area contributed by atoms with E-state index in [-0.39, 0.29) is 0 Å². The monoisotopic (exact) mass is 284 g/mol. The van der Waals surface area contributed by atoms with Crippen LogP contribution in [0.2, 0.25) is 0 Å². The number of rotatable bonds is 5. The van der Waals surface area contributed by atoms with E-state index in [0.29, 0.717) is 13.2 Å². The number of hydrogen-bond acceptors (Lipinski definition) is 5. The van der Waals surface area contributed by atoms with Crippen molar-refractivity contribution in [1.82, 2.24) is 9.97 Å². The molecule has 110 valence electrons. The molecule has 0 saturated carbocycles. The van der Waals surface area contributed by atoms with Crippen LogP contribution in [0, 0.1) is 0 Å². The number of fused-ring (bicyclic) bond motifs is 1. The summed E-state index contributed by atoms with van der Waals surface area (Å²) in [6.45, 7) is 1.30. The Bertz CT molecular complexity index is 598. The fourth-order valence-electron chi connectivity index (χ4n) is 2.58. The summed E-state index contributed by atoms with van der Waals surface area (Å²) in [7, 11) is 0. The van der Waals surface area contributed by atoms with Gasteiger partial charge >= 0.3 is 0 Å². The molecule has 1 aliphatic rings. The maximum atomic E-state index is 5.67. The van der Waals surface area contributed by atoms with Gasteiger partial charge in [0, 0.05) is 16.9 Å². The van der Waals surface area contributed by atoms with Gasteiger partial charge in [-0.3, -0.25) is 0 Å². The summed E-state index contributed by atoms with van der Waals surface area (Å²) < 4.78 is 5.67. The zero-order valence-electron chi connectivity index (χ0n) is 12.0. The SMILES string of the molecule is Nc1ccc(OCCNc2ncnc3c2CCCC3)cc1. The molecule has 0 spiro atoms. The minimum atomic E-state index is 0.586. The van der Waals surface area contributed by atoms with Gasteiger partial charge in [-0.05, 0) is 49.9 Å². The van der Waals surface area contributed by atoms with E-state index >= 15 is 0 Å². The highest BCUT2D eigenvalue weighted by Crippen LogP contribution is 2.24. The van der Waals surface area contributed by atoms with Crippen LogP contribution in [0.1, 0.15) is 24.1 Å². The molecule has 1 heterocycles. The molecule has 2 aromatic rings. The Labute approximate surface area is 124 Å². The van der Waals surface area contributed by atoms with Gasteiger partial charge < -0.3 is 15.8 Å². The molecule has 5 heteroatoms. The maximum absolute atomic E-state index is 5.67. The molecule has 1 aromatic heterocycles. The number of benzene rings is 1. The van der Waals surface area contributed by atoms with Crippen molar-refractivity contribution in [2.24, 2.45) is 0 Å². The van der Waals surface area contributed by atoms with Crippen molar-refractivity contribution in [2.45, 2.75) is 25.7 Å². The molecule has 1 aromatic carbocycles. The molecule has 0 radical (unpaired) electrons. The van der Waals surface area contributed by atoms with Gasteiger partial charge in [0.05, 0.1) is 6.54 Å². The van der Waals surface area contributed by atoms with Gasteiger partial charge in [-0.2, -0.15) is 0 Å². The second-order valence-corrected chi connectivity index (χ2v) is 5.20. The van der Waals surface area contributed by atoms with E-state index in [1.807, 2.05) is 24.3 Å². The Morgan fingerprint density at radius 2 is 1.90 bits per heavy atom. The first kappa shape index (κ1) is 13.7. The molecule has 5 nitrogen and oxygen atoms in total. The van der Waals surface area contributed by atoms with Crippen molar-refractivity contribution >= 4 is 11.5 Å². The molecule has 0 unspecified atom stereocenters. The van der Waals surface area contributed by atoms with Crippen LogP contribution in [0.3, 0.4) is 0 Å². The largest absolute Gasteiger partial charge is 0.492 e. The topological polar surface area (TPSA) is 73.1 Å². The first-order valence-corrected chi connectivity index (χ1v) is 7.38. The minimum Gasteiger partial charge on any atom is -0.492 e. The van der Waals surface area contributed by atoms with Crippen LogP contribution in [-0.2, 0) is 12.8 Å². The summed E-state index contributed by atoms with van der Waals surface area (Å²) in [4.78, 5) is 8.72. The summed E-state index contributed by atoms with van der Waals surface area (Å²) in [5.41, 5.74) is 8.85. The van der Waals surface area contributed by atoms with E-state index in [1.54, 1.807) is 6.33 Å². The van der Waals surface area contributed by atoms with Gasteiger partial charge in [0.2, 0.25) is 0 Å². The Morgan fingerprint density at radius 3 is 2.76 bits per heavy atom. The van der Waals surface area contributed by atoms with Crippen molar-refractivity contribution in [1.29, 1.82) is 0 Å². The Kier molecular flexibility index (Phi) is 4.19. The zero-order chi connectivity index (χ0) is 14.5. The van der Waals surface area contributed by atoms with Crippen LogP contribution in [-0.4, -0.2) is 23.1 Å². The van der Waals surface area contributed by atoms with Gasteiger partial charge in [0.15, 0.2) is 0 Å². The van der Waals surface area contributed by atoms with Gasteiger partial charge in [-0.1, -0.05) is 0 Å². The Hall–Kier alpha value is -2.30. The molecular formula is C16H20N4O. The number of nitrogens with two attached hydrogens (primary N) is 1. The van der Waals surface area contributed by atoms with E-state index in [4.69, 9.17) is 10.5 Å². The van der Waals surface area contributed by atoms with Crippen molar-refractivity contribution in [3.05, 3.63) is 41.9 Å². The lowest BCUT2D eigenvalue weighted by molar-refractivity contribution is 0.332. The number of hydrogen-bond donors (Lipinski definition) is 2. The van der Waals surface area contributed by atoms with Crippen LogP contribution in [0.15, 0.2) is 30.6 Å². The fourth-order valence-corrected chi connectivity index (χ4v) is 2.58. The quantitative estimate of drug-likeness (QED) is 0.651. The van der Waals surface area contributed by atoms with Crippen molar-refractivity contribution in [2.75, 3.05) is 24.2 Å². The molecule has 0 amide bonds. The van der Waals surface area contributed by atoms with Gasteiger partial charge in [0.25, 0.3) is 0 Å². The third-order valence-electron chi connectivity index (χ3n) is 3.67. The molecule has 0 fully saturated rings. The lowest BCUT2D eigenvalue weighted by Crippen LogP contribution is -2.16. The van der Waals surface area contributed by atoms with Gasteiger partial charge in [0.1, 0.15) is 24.5 Å². The molecule has 1 aliphatic carbocycles. The number of aromatic nitrogens is 2. The zero-order valence-corrected chi connectivity index (χ0v) is 12.0. The summed E-state index contributed by atoms with van der Waals surface area (Å²) in [6.07, 6.45) is 6.22. The average molecular weight is 284 g/mol. The normalized spacial score (nSPS) is 13.5. The van der Waals surface area contributed by atoms with E-state index < -0.39 is 0 Å². The van der Waals surface area contributed by atoms with E-state index in [9.17, 15) is 0 Å². The Morgan fingerprint density at radius 1 is 1.10 bits per heavy atom. The molecular weight excluding hydrogens is 264 g/mol. The van der Waals surface area contributed by atoms with Crippen molar-refractivity contribution in [3.8, 4) is 5.75 Å². The number of ether oxygens (including phenoxy) is 1. The molecule has 0 aliphatic heterocycles. The number of nitrogen functional groups attached to an aromatic ring is 1. The number of aryl methyl sites for hydroxylation is 1. The second-order valence-electron chi connectivity index (χ2n) is 5.20. The predicted molar refractivity (Wildman–Crippen MR) is 83.5 cm³/mol. The highest BCUT2D eigenvalue weighted by molar-refractivity contribution is 5.47. The van der Waals surface area contributed by atoms with Crippen LogP contribution in [0.4, 0.5) is 11.5 Å². The first-order chi connectivity index (χ1) is 10.3. The smallest absolute Gasteiger partial charge is 0.132 e. The molecule has 3 N–H and O–H groups in total. The van der Waals surface area contributed by atoms with E-state index in [2.05, 4.69) is 15.3 Å². The predicted octanol–water partition coefficient (Wildman–Crippen LogP) is 2.43. The highest BCUT2D eigenvalue weighted by atomic mass is 16.5. The van der Waals surface area contributed by atoms with Crippen LogP contribution < -0.4 is 15.8 Å². The third kappa shape index (κ3) is 3.42. The van der Waals surface area contributed by atoms with Gasteiger partial charge in [-0.25, -0.2) is 9.97 Å². The van der Waals surface area contributed by atoms with E-state index in [1.165, 1.54) is 24.1 Å². The van der Waals surface area contributed by atoms with Crippen molar-refractivity contribution < 1.29 is 4.74 Å². The lowest BCUT2D eigenvalue weighted by Gasteiger charge is -2.18. The molecule has 21 heavy (non-hydrogen) atoms. The highest BCUT2D eigenvalue weighted by Gasteiger charge is 2.14. The maximum Gasteiger partial charge on any atom is 0.132 e. The van der Waals surface area contributed by atoms with Gasteiger partial charge in [-0.15, -0.1) is 0 Å². The number of nitrogens with zero attached hydrogens (tertiary/aromatic N) is 2. The third-order valence-corrected chi connectivity index (χ3v) is 3.67. The molecule has 3 rings (SSSR count). The number of nitrogens with one attached hydrogen (secondary N) is 1. The molecule has 0 saturated heterocycles. The first-order valence-electron chi connectivity index (χ1n) is 7.38. The summed E-state index contributed by atoms with van der Waals surface area (Å²) >= 11 is 0.